The fourth-order valence-corrected chi connectivity index (χ4v) is 2.05. The lowest BCUT2D eigenvalue weighted by molar-refractivity contribution is -0.138. The molecule has 0 saturated carbocycles. The molecule has 4 nitrogen and oxygen atoms in total. The van der Waals surface area contributed by atoms with Gasteiger partial charge in [-0.2, -0.15) is 0 Å². The van der Waals surface area contributed by atoms with E-state index in [-0.39, 0.29) is 30.7 Å². The van der Waals surface area contributed by atoms with E-state index in [0.717, 1.165) is 5.56 Å². The van der Waals surface area contributed by atoms with E-state index in [1.54, 1.807) is 19.1 Å². The molecule has 0 aliphatic carbocycles. The van der Waals surface area contributed by atoms with E-state index >= 15 is 0 Å². The summed E-state index contributed by atoms with van der Waals surface area (Å²) in [6.07, 6.45) is 0.205. The Balaban J connectivity index is 2.50. The average molecular weight is 284 g/mol. The summed E-state index contributed by atoms with van der Waals surface area (Å²) in [4.78, 5) is 22.3. The molecule has 1 amide bonds. The van der Waals surface area contributed by atoms with E-state index < -0.39 is 5.97 Å². The van der Waals surface area contributed by atoms with Gasteiger partial charge in [0, 0.05) is 17.9 Å². The van der Waals surface area contributed by atoms with Gasteiger partial charge in [-0.05, 0) is 30.5 Å². The molecule has 1 unspecified atom stereocenters. The van der Waals surface area contributed by atoms with Gasteiger partial charge in [0.2, 0.25) is 5.91 Å². The number of aliphatic carboxylic acids is 1. The molecule has 0 bridgehead atoms. The van der Waals surface area contributed by atoms with E-state index in [2.05, 4.69) is 5.32 Å². The molecule has 19 heavy (non-hydrogen) atoms. The Kier molecular flexibility index (Phi) is 5.83. The van der Waals surface area contributed by atoms with Crippen molar-refractivity contribution >= 4 is 23.5 Å². The minimum Gasteiger partial charge on any atom is -0.481 e. The molecular formula is C14H18ClNO3. The molecule has 0 heterocycles. The topological polar surface area (TPSA) is 66.4 Å². The predicted octanol–water partition coefficient (Wildman–Crippen LogP) is 3.02. The molecule has 0 aliphatic heterocycles. The van der Waals surface area contributed by atoms with Crippen LogP contribution in [-0.4, -0.2) is 17.0 Å². The molecular weight excluding hydrogens is 266 g/mol. The maximum Gasteiger partial charge on any atom is 0.303 e. The van der Waals surface area contributed by atoms with Crippen LogP contribution in [0.15, 0.2) is 24.3 Å². The first-order valence-corrected chi connectivity index (χ1v) is 6.53. The van der Waals surface area contributed by atoms with E-state index in [1.807, 2.05) is 19.1 Å². The monoisotopic (exact) mass is 283 g/mol. The van der Waals surface area contributed by atoms with Gasteiger partial charge < -0.3 is 10.4 Å². The Labute approximate surface area is 117 Å². The molecule has 0 fully saturated rings. The maximum atomic E-state index is 11.8. The number of halogens is 1. The van der Waals surface area contributed by atoms with Crippen LogP contribution in [0, 0.1) is 5.92 Å². The Bertz CT molecular complexity index is 462. The number of carboxylic acid groups (broad SMARTS) is 1. The van der Waals surface area contributed by atoms with Crippen LogP contribution in [0.2, 0.25) is 5.02 Å². The molecule has 1 aromatic rings. The second-order valence-electron chi connectivity index (χ2n) is 4.75. The zero-order chi connectivity index (χ0) is 14.4. The summed E-state index contributed by atoms with van der Waals surface area (Å²) in [6.45, 7) is 3.61. The van der Waals surface area contributed by atoms with Crippen LogP contribution in [0.5, 0.6) is 0 Å². The van der Waals surface area contributed by atoms with E-state index in [0.29, 0.717) is 5.02 Å². The molecule has 0 radical (unpaired) electrons. The first-order valence-electron chi connectivity index (χ1n) is 6.15. The number of carbonyl (C=O) groups is 2. The van der Waals surface area contributed by atoms with Crippen molar-refractivity contribution in [3.05, 3.63) is 34.9 Å². The summed E-state index contributed by atoms with van der Waals surface area (Å²) in [7, 11) is 0. The first kappa shape index (κ1) is 15.5. The van der Waals surface area contributed by atoms with Crippen LogP contribution in [0.4, 0.5) is 0 Å². The molecule has 2 N–H and O–H groups in total. The van der Waals surface area contributed by atoms with Gasteiger partial charge in [0.05, 0.1) is 6.04 Å². The van der Waals surface area contributed by atoms with Gasteiger partial charge in [0.15, 0.2) is 0 Å². The lowest BCUT2D eigenvalue weighted by Crippen LogP contribution is -2.28. The van der Waals surface area contributed by atoms with E-state index in [1.165, 1.54) is 0 Å². The molecule has 2 atom stereocenters. The number of benzene rings is 1. The second kappa shape index (κ2) is 7.14. The highest BCUT2D eigenvalue weighted by molar-refractivity contribution is 6.30. The average Bonchev–Trinajstić information content (AvgIpc) is 2.27. The first-order chi connectivity index (χ1) is 8.88. The highest BCUT2D eigenvalue weighted by atomic mass is 35.5. The van der Waals surface area contributed by atoms with Crippen molar-refractivity contribution in [1.29, 1.82) is 0 Å². The van der Waals surface area contributed by atoms with Gasteiger partial charge in [-0.25, -0.2) is 0 Å². The molecule has 0 aromatic heterocycles. The number of amides is 1. The third-order valence-electron chi connectivity index (χ3n) is 2.78. The van der Waals surface area contributed by atoms with Crippen molar-refractivity contribution < 1.29 is 14.7 Å². The highest BCUT2D eigenvalue weighted by Gasteiger charge is 2.15. The second-order valence-corrected chi connectivity index (χ2v) is 5.19. The van der Waals surface area contributed by atoms with Crippen LogP contribution in [0.25, 0.3) is 0 Å². The predicted molar refractivity (Wildman–Crippen MR) is 74.0 cm³/mol. The Morgan fingerprint density at radius 3 is 2.58 bits per heavy atom. The molecule has 1 rings (SSSR count). The summed E-state index contributed by atoms with van der Waals surface area (Å²) < 4.78 is 0. The fourth-order valence-electron chi connectivity index (χ4n) is 1.85. The van der Waals surface area contributed by atoms with Crippen molar-refractivity contribution in [2.45, 2.75) is 32.7 Å². The Hall–Kier alpha value is -1.55. The Morgan fingerprint density at radius 2 is 2.00 bits per heavy atom. The van der Waals surface area contributed by atoms with Gasteiger partial charge in [-0.1, -0.05) is 30.7 Å². The van der Waals surface area contributed by atoms with Crippen molar-refractivity contribution in [2.24, 2.45) is 5.92 Å². The SMILES string of the molecule is CC(CC(=O)O)CC(=O)N[C@@H](C)c1cccc(Cl)c1. The smallest absolute Gasteiger partial charge is 0.303 e. The van der Waals surface area contributed by atoms with Crippen LogP contribution >= 0.6 is 11.6 Å². The van der Waals surface area contributed by atoms with Crippen LogP contribution < -0.4 is 5.32 Å². The minimum atomic E-state index is -0.886. The van der Waals surface area contributed by atoms with Crippen LogP contribution in [0.1, 0.15) is 38.3 Å². The number of carboxylic acids is 1. The number of carbonyl (C=O) groups excluding carboxylic acids is 1. The fraction of sp³-hybridized carbons (Fsp3) is 0.429. The third kappa shape index (κ3) is 5.75. The van der Waals surface area contributed by atoms with Gasteiger partial charge in [0.1, 0.15) is 0 Å². The molecule has 0 saturated heterocycles. The zero-order valence-corrected chi connectivity index (χ0v) is 11.8. The Morgan fingerprint density at radius 1 is 1.32 bits per heavy atom. The number of rotatable bonds is 6. The summed E-state index contributed by atoms with van der Waals surface area (Å²) in [6, 6.07) is 7.13. The molecule has 0 spiro atoms. The molecule has 5 heteroatoms. The number of nitrogens with one attached hydrogen (secondary N) is 1. The standard InChI is InChI=1S/C14H18ClNO3/c1-9(7-14(18)19)6-13(17)16-10(2)11-4-3-5-12(15)8-11/h3-5,8-10H,6-7H2,1-2H3,(H,16,17)(H,18,19)/t9?,10-/m0/s1. The van der Waals surface area contributed by atoms with Crippen LogP contribution in [0.3, 0.4) is 0 Å². The lowest BCUT2D eigenvalue weighted by Gasteiger charge is -2.16. The largest absolute Gasteiger partial charge is 0.481 e. The van der Waals surface area contributed by atoms with Crippen molar-refractivity contribution in [3.63, 3.8) is 0 Å². The lowest BCUT2D eigenvalue weighted by atomic mass is 10.0. The van der Waals surface area contributed by atoms with Crippen molar-refractivity contribution in [1.82, 2.24) is 5.32 Å². The van der Waals surface area contributed by atoms with Gasteiger partial charge in [-0.3, -0.25) is 9.59 Å². The van der Waals surface area contributed by atoms with E-state index in [9.17, 15) is 9.59 Å². The number of hydrogen-bond acceptors (Lipinski definition) is 2. The highest BCUT2D eigenvalue weighted by Crippen LogP contribution is 2.18. The van der Waals surface area contributed by atoms with Gasteiger partial charge in [0.25, 0.3) is 0 Å². The van der Waals surface area contributed by atoms with E-state index in [4.69, 9.17) is 16.7 Å². The van der Waals surface area contributed by atoms with Crippen LogP contribution in [-0.2, 0) is 9.59 Å². The summed E-state index contributed by atoms with van der Waals surface area (Å²) >= 11 is 5.89. The zero-order valence-electron chi connectivity index (χ0n) is 11.0. The summed E-state index contributed by atoms with van der Waals surface area (Å²) in [5.74, 6) is -1.21. The third-order valence-corrected chi connectivity index (χ3v) is 3.02. The quantitative estimate of drug-likeness (QED) is 0.843. The van der Waals surface area contributed by atoms with Crippen molar-refractivity contribution in [3.8, 4) is 0 Å². The van der Waals surface area contributed by atoms with Gasteiger partial charge in [-0.15, -0.1) is 0 Å². The minimum absolute atomic E-state index is 0.00103. The maximum absolute atomic E-state index is 11.8. The summed E-state index contributed by atoms with van der Waals surface area (Å²) in [5, 5.41) is 12.1. The number of hydrogen-bond donors (Lipinski definition) is 2. The molecule has 104 valence electrons. The molecule has 0 aliphatic rings. The van der Waals surface area contributed by atoms with Crippen molar-refractivity contribution in [2.75, 3.05) is 0 Å². The normalized spacial score (nSPS) is 13.6. The molecule has 1 aromatic carbocycles. The summed E-state index contributed by atoms with van der Waals surface area (Å²) in [5.41, 5.74) is 0.923. The van der Waals surface area contributed by atoms with Gasteiger partial charge >= 0.3 is 5.97 Å².